The second-order valence-corrected chi connectivity index (χ2v) is 5.70. The lowest BCUT2D eigenvalue weighted by molar-refractivity contribution is 0.0672. The van der Waals surface area contributed by atoms with Gasteiger partial charge < -0.3 is 9.47 Å². The number of ether oxygens (including phenoxy) is 2. The molecule has 0 unspecified atom stereocenters. The molecule has 2 heterocycles. The average Bonchev–Trinajstić information content (AvgIpc) is 3.21. The normalized spacial score (nSPS) is 18.0. The van der Waals surface area contributed by atoms with Gasteiger partial charge in [-0.15, -0.1) is 0 Å². The van der Waals surface area contributed by atoms with E-state index in [1.807, 2.05) is 18.2 Å². The number of nitrogens with zero attached hydrogens (tertiary/aromatic N) is 2. The van der Waals surface area contributed by atoms with Crippen LogP contribution in [0, 0.1) is 0 Å². The molecule has 1 saturated heterocycles. The predicted molar refractivity (Wildman–Crippen MR) is 84.7 cm³/mol. The Morgan fingerprint density at radius 3 is 2.95 bits per heavy atom. The van der Waals surface area contributed by atoms with Gasteiger partial charge in [0.2, 0.25) is 0 Å². The molecule has 5 nitrogen and oxygen atoms in total. The van der Waals surface area contributed by atoms with Crippen molar-refractivity contribution in [1.82, 2.24) is 15.1 Å². The summed E-state index contributed by atoms with van der Waals surface area (Å²) >= 11 is 0. The van der Waals surface area contributed by atoms with Gasteiger partial charge in [-0.25, -0.2) is 0 Å². The number of hydrogen-bond acceptors (Lipinski definition) is 4. The minimum absolute atomic E-state index is 0.331. The highest BCUT2D eigenvalue weighted by Crippen LogP contribution is 2.22. The van der Waals surface area contributed by atoms with Gasteiger partial charge in [0.1, 0.15) is 5.75 Å². The Hall–Kier alpha value is -1.85. The van der Waals surface area contributed by atoms with E-state index in [2.05, 4.69) is 27.2 Å². The van der Waals surface area contributed by atoms with E-state index in [-0.39, 0.29) is 0 Å². The van der Waals surface area contributed by atoms with Gasteiger partial charge in [-0.2, -0.15) is 5.10 Å². The summed E-state index contributed by atoms with van der Waals surface area (Å²) < 4.78 is 11.3. The molecule has 1 aromatic heterocycles. The molecule has 0 spiro atoms. The number of H-pyrrole nitrogens is 1. The standard InChI is InChI=1S/C17H23N3O2/c1-21-17-7-3-2-5-14(17)11-20(12-15-8-9-18-19-15)13-16-6-4-10-22-16/h2-3,5,7-9,16H,4,6,10-13H2,1H3,(H,18,19)/t16-/m1/s1. The van der Waals surface area contributed by atoms with E-state index in [9.17, 15) is 0 Å². The van der Waals surface area contributed by atoms with Crippen LogP contribution in [0.4, 0.5) is 0 Å². The molecule has 3 rings (SSSR count). The lowest BCUT2D eigenvalue weighted by atomic mass is 10.1. The molecule has 22 heavy (non-hydrogen) atoms. The molecule has 118 valence electrons. The number of methoxy groups -OCH3 is 1. The zero-order valence-corrected chi connectivity index (χ0v) is 13.0. The van der Waals surface area contributed by atoms with Crippen LogP contribution in [0.5, 0.6) is 5.75 Å². The fourth-order valence-corrected chi connectivity index (χ4v) is 2.95. The van der Waals surface area contributed by atoms with Crippen molar-refractivity contribution in [2.24, 2.45) is 0 Å². The van der Waals surface area contributed by atoms with E-state index in [1.165, 1.54) is 5.56 Å². The summed E-state index contributed by atoms with van der Waals surface area (Å²) in [7, 11) is 1.72. The zero-order valence-electron chi connectivity index (χ0n) is 13.0. The molecule has 1 atom stereocenters. The van der Waals surface area contributed by atoms with Crippen LogP contribution in [0.3, 0.4) is 0 Å². The number of hydrogen-bond donors (Lipinski definition) is 1. The highest BCUT2D eigenvalue weighted by molar-refractivity contribution is 5.33. The number of benzene rings is 1. The first-order valence-electron chi connectivity index (χ1n) is 7.79. The van der Waals surface area contributed by atoms with Crippen LogP contribution in [-0.2, 0) is 17.8 Å². The van der Waals surface area contributed by atoms with Crippen molar-refractivity contribution in [2.45, 2.75) is 32.0 Å². The average molecular weight is 301 g/mol. The molecule has 2 aromatic rings. The van der Waals surface area contributed by atoms with Crippen molar-refractivity contribution in [2.75, 3.05) is 20.3 Å². The molecule has 0 aliphatic carbocycles. The second-order valence-electron chi connectivity index (χ2n) is 5.70. The maximum Gasteiger partial charge on any atom is 0.123 e. The molecule has 0 saturated carbocycles. The number of para-hydroxylation sites is 1. The number of aromatic amines is 1. The van der Waals surface area contributed by atoms with Crippen LogP contribution in [-0.4, -0.2) is 41.5 Å². The van der Waals surface area contributed by atoms with Gasteiger partial charge in [0.15, 0.2) is 0 Å². The third-order valence-electron chi connectivity index (χ3n) is 4.02. The van der Waals surface area contributed by atoms with Crippen molar-refractivity contribution in [3.8, 4) is 5.75 Å². The van der Waals surface area contributed by atoms with Gasteiger partial charge in [-0.3, -0.25) is 10.00 Å². The van der Waals surface area contributed by atoms with Crippen molar-refractivity contribution in [3.05, 3.63) is 47.8 Å². The van der Waals surface area contributed by atoms with E-state index in [0.29, 0.717) is 6.10 Å². The monoisotopic (exact) mass is 301 g/mol. The zero-order chi connectivity index (χ0) is 15.2. The third kappa shape index (κ3) is 3.87. The van der Waals surface area contributed by atoms with Gasteiger partial charge >= 0.3 is 0 Å². The lowest BCUT2D eigenvalue weighted by Gasteiger charge is -2.25. The van der Waals surface area contributed by atoms with Crippen LogP contribution in [0.2, 0.25) is 0 Å². The molecule has 1 aliphatic rings. The van der Waals surface area contributed by atoms with E-state index < -0.39 is 0 Å². The van der Waals surface area contributed by atoms with Gasteiger partial charge in [-0.1, -0.05) is 18.2 Å². The Kier molecular flexibility index (Phi) is 5.08. The number of nitrogens with one attached hydrogen (secondary N) is 1. The summed E-state index contributed by atoms with van der Waals surface area (Å²) in [4.78, 5) is 2.39. The maximum absolute atomic E-state index is 5.80. The molecule has 1 fully saturated rings. The lowest BCUT2D eigenvalue weighted by Crippen LogP contribution is -2.31. The molecule has 0 radical (unpaired) electrons. The highest BCUT2D eigenvalue weighted by Gasteiger charge is 2.20. The number of aromatic nitrogens is 2. The molecule has 0 bridgehead atoms. The van der Waals surface area contributed by atoms with E-state index in [4.69, 9.17) is 9.47 Å². The Bertz CT molecular complexity index is 565. The smallest absolute Gasteiger partial charge is 0.123 e. The van der Waals surface area contributed by atoms with Crippen LogP contribution >= 0.6 is 0 Å². The predicted octanol–water partition coefficient (Wildman–Crippen LogP) is 2.60. The summed E-state index contributed by atoms with van der Waals surface area (Å²) in [5.41, 5.74) is 2.32. The van der Waals surface area contributed by atoms with Crippen molar-refractivity contribution < 1.29 is 9.47 Å². The van der Waals surface area contributed by atoms with Crippen LogP contribution in [0.15, 0.2) is 36.5 Å². The maximum atomic E-state index is 5.80. The Labute approximate surface area is 131 Å². The van der Waals surface area contributed by atoms with Gasteiger partial charge in [-0.05, 0) is 25.0 Å². The number of rotatable bonds is 7. The van der Waals surface area contributed by atoms with Gasteiger partial charge in [0.05, 0.1) is 13.2 Å². The largest absolute Gasteiger partial charge is 0.496 e. The van der Waals surface area contributed by atoms with E-state index >= 15 is 0 Å². The summed E-state index contributed by atoms with van der Waals surface area (Å²) in [6.07, 6.45) is 4.43. The Balaban J connectivity index is 1.71. The van der Waals surface area contributed by atoms with Gasteiger partial charge in [0, 0.05) is 43.7 Å². The summed E-state index contributed by atoms with van der Waals surface area (Å²) in [6.45, 7) is 3.48. The quantitative estimate of drug-likeness (QED) is 0.854. The Morgan fingerprint density at radius 1 is 1.32 bits per heavy atom. The van der Waals surface area contributed by atoms with E-state index in [1.54, 1.807) is 13.3 Å². The molecular weight excluding hydrogens is 278 g/mol. The third-order valence-corrected chi connectivity index (χ3v) is 4.02. The van der Waals surface area contributed by atoms with Crippen LogP contribution in [0.1, 0.15) is 24.1 Å². The van der Waals surface area contributed by atoms with Crippen molar-refractivity contribution in [3.63, 3.8) is 0 Å². The minimum atomic E-state index is 0.331. The summed E-state index contributed by atoms with van der Waals surface area (Å²) in [5, 5.41) is 7.08. The second kappa shape index (κ2) is 7.42. The van der Waals surface area contributed by atoms with Crippen LogP contribution < -0.4 is 4.74 Å². The molecule has 1 aromatic carbocycles. The molecule has 1 aliphatic heterocycles. The topological polar surface area (TPSA) is 50.4 Å². The Morgan fingerprint density at radius 2 is 2.23 bits per heavy atom. The van der Waals surface area contributed by atoms with Crippen molar-refractivity contribution >= 4 is 0 Å². The first-order chi connectivity index (χ1) is 10.8. The fraction of sp³-hybridized carbons (Fsp3) is 0.471. The highest BCUT2D eigenvalue weighted by atomic mass is 16.5. The van der Waals surface area contributed by atoms with E-state index in [0.717, 1.165) is 50.5 Å². The fourth-order valence-electron chi connectivity index (χ4n) is 2.95. The molecule has 1 N–H and O–H groups in total. The first-order valence-corrected chi connectivity index (χ1v) is 7.79. The summed E-state index contributed by atoms with van der Waals surface area (Å²) in [6, 6.07) is 10.2. The molecular formula is C17H23N3O2. The van der Waals surface area contributed by atoms with Crippen LogP contribution in [0.25, 0.3) is 0 Å². The molecule has 5 heteroatoms. The summed E-state index contributed by atoms with van der Waals surface area (Å²) in [5.74, 6) is 0.935. The van der Waals surface area contributed by atoms with Crippen molar-refractivity contribution in [1.29, 1.82) is 0 Å². The minimum Gasteiger partial charge on any atom is -0.496 e. The SMILES string of the molecule is COc1ccccc1CN(Cc1ccn[nH]1)C[C@H]1CCCO1. The van der Waals surface area contributed by atoms with Gasteiger partial charge in [0.25, 0.3) is 0 Å². The first kappa shape index (κ1) is 15.1. The molecule has 0 amide bonds.